The summed E-state index contributed by atoms with van der Waals surface area (Å²) in [4.78, 5) is 0. The molecule has 1 fully saturated rings. The molecule has 1 aromatic carbocycles. The predicted octanol–water partition coefficient (Wildman–Crippen LogP) is 1.21. The molecule has 1 saturated carbocycles. The van der Waals surface area contributed by atoms with Crippen LogP contribution in [-0.2, 0) is 9.47 Å². The Morgan fingerprint density at radius 1 is 1.00 bits per heavy atom. The monoisotopic (exact) mass is 297 g/mol. The minimum absolute atomic E-state index is 0.000593. The standard InChI is InChI=1S/C15H23NO5/c1-17-4-5-20-15-13(16)9-14(15)21-12-7-10(18-2)6-11(8-12)19-3/h6-8,13-15H,4-5,9,16H2,1-3H3. The van der Waals surface area contributed by atoms with Crippen molar-refractivity contribution in [1.82, 2.24) is 0 Å². The molecule has 0 heterocycles. The lowest BCUT2D eigenvalue weighted by Crippen LogP contribution is -2.59. The second kappa shape index (κ2) is 7.49. The van der Waals surface area contributed by atoms with Crippen LogP contribution in [0.3, 0.4) is 0 Å². The van der Waals surface area contributed by atoms with E-state index in [2.05, 4.69) is 0 Å². The van der Waals surface area contributed by atoms with E-state index in [-0.39, 0.29) is 18.2 Å². The maximum absolute atomic E-state index is 5.97. The zero-order chi connectivity index (χ0) is 15.2. The van der Waals surface area contributed by atoms with Gasteiger partial charge in [-0.2, -0.15) is 0 Å². The summed E-state index contributed by atoms with van der Waals surface area (Å²) in [5, 5.41) is 0. The van der Waals surface area contributed by atoms with Crippen LogP contribution in [0.5, 0.6) is 17.2 Å². The lowest BCUT2D eigenvalue weighted by molar-refractivity contribution is -0.107. The third-order valence-electron chi connectivity index (χ3n) is 3.50. The molecule has 3 unspecified atom stereocenters. The molecule has 2 N–H and O–H groups in total. The number of nitrogens with two attached hydrogens (primary N) is 1. The van der Waals surface area contributed by atoms with Crippen LogP contribution in [0.15, 0.2) is 18.2 Å². The molecule has 118 valence electrons. The van der Waals surface area contributed by atoms with E-state index in [9.17, 15) is 0 Å². The number of methoxy groups -OCH3 is 3. The minimum atomic E-state index is -0.114. The second-order valence-electron chi connectivity index (χ2n) is 4.93. The predicted molar refractivity (Wildman–Crippen MR) is 78.2 cm³/mol. The van der Waals surface area contributed by atoms with E-state index in [1.807, 2.05) is 12.1 Å². The Kier molecular flexibility index (Phi) is 5.67. The van der Waals surface area contributed by atoms with E-state index in [0.717, 1.165) is 6.42 Å². The van der Waals surface area contributed by atoms with Crippen molar-refractivity contribution in [3.05, 3.63) is 18.2 Å². The second-order valence-corrected chi connectivity index (χ2v) is 4.93. The van der Waals surface area contributed by atoms with Crippen LogP contribution in [-0.4, -0.2) is 52.8 Å². The smallest absolute Gasteiger partial charge is 0.128 e. The molecular weight excluding hydrogens is 274 g/mol. The fourth-order valence-corrected chi connectivity index (χ4v) is 2.25. The molecule has 0 aliphatic heterocycles. The Hall–Kier alpha value is -1.50. The Morgan fingerprint density at radius 2 is 1.62 bits per heavy atom. The van der Waals surface area contributed by atoms with Crippen molar-refractivity contribution in [2.45, 2.75) is 24.7 Å². The van der Waals surface area contributed by atoms with Crippen molar-refractivity contribution in [2.75, 3.05) is 34.5 Å². The van der Waals surface area contributed by atoms with Crippen LogP contribution in [0.4, 0.5) is 0 Å². The van der Waals surface area contributed by atoms with Gasteiger partial charge in [-0.1, -0.05) is 0 Å². The van der Waals surface area contributed by atoms with Gasteiger partial charge < -0.3 is 29.4 Å². The number of ether oxygens (including phenoxy) is 5. The number of benzene rings is 1. The average molecular weight is 297 g/mol. The van der Waals surface area contributed by atoms with Crippen molar-refractivity contribution in [2.24, 2.45) is 5.73 Å². The Bertz CT molecular complexity index is 431. The van der Waals surface area contributed by atoms with E-state index < -0.39 is 0 Å². The van der Waals surface area contributed by atoms with Crippen molar-refractivity contribution >= 4 is 0 Å². The maximum Gasteiger partial charge on any atom is 0.128 e. The molecular formula is C15H23NO5. The van der Waals surface area contributed by atoms with Crippen LogP contribution in [0, 0.1) is 0 Å². The molecule has 1 aliphatic rings. The summed E-state index contributed by atoms with van der Waals surface area (Å²) in [5.41, 5.74) is 5.97. The van der Waals surface area contributed by atoms with Crippen LogP contribution < -0.4 is 19.9 Å². The summed E-state index contributed by atoms with van der Waals surface area (Å²) >= 11 is 0. The highest BCUT2D eigenvalue weighted by Gasteiger charge is 2.41. The molecule has 0 aromatic heterocycles. The highest BCUT2D eigenvalue weighted by Crippen LogP contribution is 2.32. The number of hydrogen-bond acceptors (Lipinski definition) is 6. The first-order valence-electron chi connectivity index (χ1n) is 6.93. The molecule has 3 atom stereocenters. The molecule has 0 amide bonds. The number of rotatable bonds is 8. The van der Waals surface area contributed by atoms with E-state index in [4.69, 9.17) is 29.4 Å². The van der Waals surface area contributed by atoms with Crippen LogP contribution in [0.25, 0.3) is 0 Å². The molecule has 21 heavy (non-hydrogen) atoms. The van der Waals surface area contributed by atoms with E-state index in [1.54, 1.807) is 27.4 Å². The Labute approximate surface area is 125 Å². The Morgan fingerprint density at radius 3 is 2.14 bits per heavy atom. The van der Waals surface area contributed by atoms with Gasteiger partial charge in [-0.15, -0.1) is 0 Å². The molecule has 0 saturated heterocycles. The van der Waals surface area contributed by atoms with E-state index >= 15 is 0 Å². The van der Waals surface area contributed by atoms with Gasteiger partial charge >= 0.3 is 0 Å². The third-order valence-corrected chi connectivity index (χ3v) is 3.50. The lowest BCUT2D eigenvalue weighted by atomic mass is 9.86. The van der Waals surface area contributed by atoms with Crippen LogP contribution in [0.2, 0.25) is 0 Å². The zero-order valence-corrected chi connectivity index (χ0v) is 12.7. The lowest BCUT2D eigenvalue weighted by Gasteiger charge is -2.41. The topological polar surface area (TPSA) is 72.2 Å². The third kappa shape index (κ3) is 4.00. The molecule has 1 aliphatic carbocycles. The first-order chi connectivity index (χ1) is 10.2. The fourth-order valence-electron chi connectivity index (χ4n) is 2.25. The van der Waals surface area contributed by atoms with Gasteiger partial charge in [0.25, 0.3) is 0 Å². The van der Waals surface area contributed by atoms with Gasteiger partial charge in [-0.05, 0) is 0 Å². The van der Waals surface area contributed by atoms with Gasteiger partial charge in [0.2, 0.25) is 0 Å². The summed E-state index contributed by atoms with van der Waals surface area (Å²) in [6.45, 7) is 1.05. The van der Waals surface area contributed by atoms with Gasteiger partial charge in [0.1, 0.15) is 29.5 Å². The molecule has 2 rings (SSSR count). The molecule has 6 nitrogen and oxygen atoms in total. The van der Waals surface area contributed by atoms with E-state index in [1.165, 1.54) is 0 Å². The van der Waals surface area contributed by atoms with Gasteiger partial charge in [0.15, 0.2) is 0 Å². The highest BCUT2D eigenvalue weighted by atomic mass is 16.6. The maximum atomic E-state index is 5.97. The van der Waals surface area contributed by atoms with Crippen LogP contribution >= 0.6 is 0 Å². The normalized spacial score (nSPS) is 24.3. The van der Waals surface area contributed by atoms with Crippen molar-refractivity contribution in [3.8, 4) is 17.2 Å². The zero-order valence-electron chi connectivity index (χ0n) is 12.7. The first-order valence-corrected chi connectivity index (χ1v) is 6.93. The SMILES string of the molecule is COCCOC1C(N)CC1Oc1cc(OC)cc(OC)c1. The van der Waals surface area contributed by atoms with Crippen LogP contribution in [0.1, 0.15) is 6.42 Å². The molecule has 0 bridgehead atoms. The summed E-state index contributed by atoms with van der Waals surface area (Å²) in [6, 6.07) is 5.43. The summed E-state index contributed by atoms with van der Waals surface area (Å²) in [7, 11) is 4.85. The molecule has 0 radical (unpaired) electrons. The quantitative estimate of drug-likeness (QED) is 0.727. The minimum Gasteiger partial charge on any atom is -0.496 e. The van der Waals surface area contributed by atoms with Crippen molar-refractivity contribution in [3.63, 3.8) is 0 Å². The fraction of sp³-hybridized carbons (Fsp3) is 0.600. The van der Waals surface area contributed by atoms with Gasteiger partial charge in [-0.25, -0.2) is 0 Å². The largest absolute Gasteiger partial charge is 0.496 e. The van der Waals surface area contributed by atoms with E-state index in [0.29, 0.717) is 30.5 Å². The average Bonchev–Trinajstić information content (AvgIpc) is 2.50. The van der Waals surface area contributed by atoms with Gasteiger partial charge in [0, 0.05) is 37.8 Å². The van der Waals surface area contributed by atoms with Gasteiger partial charge in [0.05, 0.1) is 27.4 Å². The van der Waals surface area contributed by atoms with Crippen molar-refractivity contribution in [1.29, 1.82) is 0 Å². The summed E-state index contributed by atoms with van der Waals surface area (Å²) in [6.07, 6.45) is 0.586. The highest BCUT2D eigenvalue weighted by molar-refractivity contribution is 5.42. The molecule has 1 aromatic rings. The Balaban J connectivity index is 1.97. The molecule has 6 heteroatoms. The molecule has 0 spiro atoms. The summed E-state index contributed by atoms with van der Waals surface area (Å²) in [5.74, 6) is 2.05. The summed E-state index contributed by atoms with van der Waals surface area (Å²) < 4.78 is 27.1. The first kappa shape index (κ1) is 15.9. The number of hydrogen-bond donors (Lipinski definition) is 1. The van der Waals surface area contributed by atoms with Crippen molar-refractivity contribution < 1.29 is 23.7 Å². The van der Waals surface area contributed by atoms with Gasteiger partial charge in [-0.3, -0.25) is 0 Å².